The van der Waals surface area contributed by atoms with Crippen LogP contribution in [0.1, 0.15) is 25.0 Å². The second-order valence-corrected chi connectivity index (χ2v) is 4.80. The fourth-order valence-electron chi connectivity index (χ4n) is 1.72. The quantitative estimate of drug-likeness (QED) is 0.551. The highest BCUT2D eigenvalue weighted by molar-refractivity contribution is 5.72. The number of methoxy groups -OCH3 is 1. The third-order valence-electron chi connectivity index (χ3n) is 2.57. The Balaban J connectivity index is 2.40. The van der Waals surface area contributed by atoms with Crippen LogP contribution in [0.25, 0.3) is 0 Å². The Hall–Kier alpha value is -1.35. The van der Waals surface area contributed by atoms with Crippen LogP contribution in [0.15, 0.2) is 24.3 Å². The van der Waals surface area contributed by atoms with Crippen molar-refractivity contribution < 1.29 is 14.3 Å². The fourth-order valence-corrected chi connectivity index (χ4v) is 1.72. The van der Waals surface area contributed by atoms with Gasteiger partial charge in [-0.05, 0) is 23.5 Å². The van der Waals surface area contributed by atoms with Gasteiger partial charge < -0.3 is 9.47 Å². The normalized spacial score (nSPS) is 10.7. The van der Waals surface area contributed by atoms with Crippen molar-refractivity contribution in [1.29, 1.82) is 0 Å². The van der Waals surface area contributed by atoms with E-state index in [2.05, 4.69) is 26.0 Å². The molecule has 1 rings (SSSR count). The first kappa shape index (κ1) is 14.7. The molecule has 0 fully saturated rings. The van der Waals surface area contributed by atoms with Crippen LogP contribution < -0.4 is 0 Å². The Morgan fingerprint density at radius 1 is 1.11 bits per heavy atom. The highest BCUT2D eigenvalue weighted by Gasteiger charge is 2.05. The van der Waals surface area contributed by atoms with Crippen LogP contribution in [-0.2, 0) is 27.1 Å². The third-order valence-corrected chi connectivity index (χ3v) is 2.57. The highest BCUT2D eigenvalue weighted by atomic mass is 16.6. The summed E-state index contributed by atoms with van der Waals surface area (Å²) < 4.78 is 9.84. The van der Waals surface area contributed by atoms with Gasteiger partial charge in [0.25, 0.3) is 0 Å². The Morgan fingerprint density at radius 2 is 1.72 bits per heavy atom. The SMILES string of the molecule is COCCOC(=O)Cc1ccc(CC(C)C)cc1. The van der Waals surface area contributed by atoms with Crippen molar-refractivity contribution >= 4 is 5.97 Å². The minimum atomic E-state index is -0.205. The van der Waals surface area contributed by atoms with Gasteiger partial charge in [-0.2, -0.15) is 0 Å². The summed E-state index contributed by atoms with van der Waals surface area (Å²) in [5.41, 5.74) is 2.30. The maximum absolute atomic E-state index is 11.5. The number of carbonyl (C=O) groups excluding carboxylic acids is 1. The van der Waals surface area contributed by atoms with Gasteiger partial charge in [-0.3, -0.25) is 4.79 Å². The molecule has 0 saturated heterocycles. The monoisotopic (exact) mass is 250 g/mol. The van der Waals surface area contributed by atoms with Crippen molar-refractivity contribution in [2.24, 2.45) is 5.92 Å². The number of hydrogen-bond acceptors (Lipinski definition) is 3. The molecule has 1 aromatic carbocycles. The van der Waals surface area contributed by atoms with Crippen molar-refractivity contribution in [3.05, 3.63) is 35.4 Å². The summed E-state index contributed by atoms with van der Waals surface area (Å²) in [6, 6.07) is 8.15. The molecule has 0 atom stereocenters. The molecule has 0 radical (unpaired) electrons. The van der Waals surface area contributed by atoms with Crippen molar-refractivity contribution in [3.8, 4) is 0 Å². The minimum Gasteiger partial charge on any atom is -0.463 e. The molecule has 1 aromatic rings. The van der Waals surface area contributed by atoms with Crippen LogP contribution >= 0.6 is 0 Å². The van der Waals surface area contributed by atoms with E-state index in [1.807, 2.05) is 12.1 Å². The van der Waals surface area contributed by atoms with E-state index in [0.29, 0.717) is 25.6 Å². The average Bonchev–Trinajstić information content (AvgIpc) is 2.31. The number of carbonyl (C=O) groups is 1. The first-order chi connectivity index (χ1) is 8.61. The lowest BCUT2D eigenvalue weighted by molar-refractivity contribution is -0.144. The minimum absolute atomic E-state index is 0.205. The maximum atomic E-state index is 11.5. The summed E-state index contributed by atoms with van der Waals surface area (Å²) in [7, 11) is 1.58. The molecule has 0 aliphatic rings. The molecular formula is C15H22O3. The average molecular weight is 250 g/mol. The fraction of sp³-hybridized carbons (Fsp3) is 0.533. The Bertz CT molecular complexity index is 355. The number of rotatable bonds is 7. The van der Waals surface area contributed by atoms with Gasteiger partial charge in [0.1, 0.15) is 6.61 Å². The van der Waals surface area contributed by atoms with Crippen molar-refractivity contribution in [1.82, 2.24) is 0 Å². The van der Waals surface area contributed by atoms with E-state index in [4.69, 9.17) is 9.47 Å². The standard InChI is InChI=1S/C15H22O3/c1-12(2)10-13-4-6-14(7-5-13)11-15(16)18-9-8-17-3/h4-7,12H,8-11H2,1-3H3. The highest BCUT2D eigenvalue weighted by Crippen LogP contribution is 2.10. The molecule has 0 bridgehead atoms. The lowest BCUT2D eigenvalue weighted by atomic mass is 10.0. The molecule has 0 N–H and O–H groups in total. The second-order valence-electron chi connectivity index (χ2n) is 4.80. The molecule has 0 heterocycles. The molecule has 3 heteroatoms. The van der Waals surface area contributed by atoms with Crippen LogP contribution in [0.2, 0.25) is 0 Å². The summed E-state index contributed by atoms with van der Waals surface area (Å²) in [4.78, 5) is 11.5. The van der Waals surface area contributed by atoms with Gasteiger partial charge in [-0.25, -0.2) is 0 Å². The molecule has 0 aromatic heterocycles. The topological polar surface area (TPSA) is 35.5 Å². The Labute approximate surface area is 109 Å². The van der Waals surface area contributed by atoms with E-state index in [-0.39, 0.29) is 5.97 Å². The third kappa shape index (κ3) is 5.82. The van der Waals surface area contributed by atoms with Crippen LogP contribution in [-0.4, -0.2) is 26.3 Å². The molecule has 0 amide bonds. The number of benzene rings is 1. The summed E-state index contributed by atoms with van der Waals surface area (Å²) in [5.74, 6) is 0.443. The molecule has 0 saturated carbocycles. The molecule has 0 spiro atoms. The first-order valence-electron chi connectivity index (χ1n) is 6.34. The zero-order valence-corrected chi connectivity index (χ0v) is 11.4. The molecule has 0 aliphatic heterocycles. The van der Waals surface area contributed by atoms with E-state index >= 15 is 0 Å². The van der Waals surface area contributed by atoms with Crippen LogP contribution in [0.5, 0.6) is 0 Å². The largest absolute Gasteiger partial charge is 0.463 e. The van der Waals surface area contributed by atoms with E-state index in [1.54, 1.807) is 7.11 Å². The molecular weight excluding hydrogens is 228 g/mol. The summed E-state index contributed by atoms with van der Waals surface area (Å²) in [6.45, 7) is 5.15. The Kier molecular flexibility index (Phi) is 6.44. The van der Waals surface area contributed by atoms with E-state index in [0.717, 1.165) is 12.0 Å². The van der Waals surface area contributed by atoms with Crippen LogP contribution in [0.4, 0.5) is 0 Å². The van der Waals surface area contributed by atoms with Gasteiger partial charge in [-0.15, -0.1) is 0 Å². The van der Waals surface area contributed by atoms with E-state index in [9.17, 15) is 4.79 Å². The molecule has 0 aliphatic carbocycles. The van der Waals surface area contributed by atoms with Crippen molar-refractivity contribution in [3.63, 3.8) is 0 Å². The lowest BCUT2D eigenvalue weighted by Crippen LogP contribution is -2.11. The zero-order chi connectivity index (χ0) is 13.4. The van der Waals surface area contributed by atoms with Crippen LogP contribution in [0.3, 0.4) is 0 Å². The smallest absolute Gasteiger partial charge is 0.310 e. The Morgan fingerprint density at radius 3 is 2.28 bits per heavy atom. The zero-order valence-electron chi connectivity index (χ0n) is 11.4. The van der Waals surface area contributed by atoms with Crippen LogP contribution in [0, 0.1) is 5.92 Å². The second kappa shape index (κ2) is 7.88. The molecule has 18 heavy (non-hydrogen) atoms. The number of ether oxygens (including phenoxy) is 2. The van der Waals surface area contributed by atoms with Crippen molar-refractivity contribution in [2.45, 2.75) is 26.7 Å². The van der Waals surface area contributed by atoms with Gasteiger partial charge in [0.05, 0.1) is 13.0 Å². The molecule has 0 unspecified atom stereocenters. The maximum Gasteiger partial charge on any atom is 0.310 e. The summed E-state index contributed by atoms with van der Waals surface area (Å²) in [6.07, 6.45) is 1.39. The van der Waals surface area contributed by atoms with Gasteiger partial charge >= 0.3 is 5.97 Å². The van der Waals surface area contributed by atoms with Crippen molar-refractivity contribution in [2.75, 3.05) is 20.3 Å². The van der Waals surface area contributed by atoms with Gasteiger partial charge in [0.15, 0.2) is 0 Å². The van der Waals surface area contributed by atoms with Gasteiger partial charge in [-0.1, -0.05) is 38.1 Å². The molecule has 100 valence electrons. The van der Waals surface area contributed by atoms with E-state index in [1.165, 1.54) is 5.56 Å². The van der Waals surface area contributed by atoms with E-state index < -0.39 is 0 Å². The predicted octanol–water partition coefficient (Wildman–Crippen LogP) is 2.62. The van der Waals surface area contributed by atoms with Gasteiger partial charge in [0, 0.05) is 7.11 Å². The summed E-state index contributed by atoms with van der Waals surface area (Å²) in [5, 5.41) is 0. The number of hydrogen-bond donors (Lipinski definition) is 0. The van der Waals surface area contributed by atoms with Gasteiger partial charge in [0.2, 0.25) is 0 Å². The molecule has 3 nitrogen and oxygen atoms in total. The lowest BCUT2D eigenvalue weighted by Gasteiger charge is -2.07. The first-order valence-corrected chi connectivity index (χ1v) is 6.34. The number of esters is 1. The summed E-state index contributed by atoms with van der Waals surface area (Å²) >= 11 is 0. The predicted molar refractivity (Wildman–Crippen MR) is 71.5 cm³/mol.